The number of amides is 1. The molecule has 2 rings (SSSR count). The molecule has 18 heavy (non-hydrogen) atoms. The Morgan fingerprint density at radius 3 is 2.44 bits per heavy atom. The smallest absolute Gasteiger partial charge is 0.254 e. The van der Waals surface area contributed by atoms with E-state index in [2.05, 4.69) is 19.1 Å². The predicted octanol–water partition coefficient (Wildman–Crippen LogP) is 2.03. The van der Waals surface area contributed by atoms with Crippen molar-refractivity contribution in [2.75, 3.05) is 19.6 Å². The zero-order chi connectivity index (χ0) is 13.3. The van der Waals surface area contributed by atoms with Gasteiger partial charge >= 0.3 is 0 Å². The molecular formula is C15H22N2O. The molecule has 1 saturated heterocycles. The Kier molecular flexibility index (Phi) is 3.71. The van der Waals surface area contributed by atoms with Crippen molar-refractivity contribution in [2.45, 2.75) is 27.2 Å². The summed E-state index contributed by atoms with van der Waals surface area (Å²) in [6.07, 6.45) is 1.03. The summed E-state index contributed by atoms with van der Waals surface area (Å²) in [6, 6.07) is 4.16. The van der Waals surface area contributed by atoms with Gasteiger partial charge in [-0.05, 0) is 50.8 Å². The van der Waals surface area contributed by atoms with Crippen LogP contribution in [0.5, 0.6) is 0 Å². The van der Waals surface area contributed by atoms with Crippen molar-refractivity contribution in [1.82, 2.24) is 4.90 Å². The average Bonchev–Trinajstić information content (AvgIpc) is 2.75. The number of rotatable bonds is 2. The number of hydrogen-bond acceptors (Lipinski definition) is 2. The van der Waals surface area contributed by atoms with Crippen LogP contribution in [0.25, 0.3) is 0 Å². The van der Waals surface area contributed by atoms with Crippen LogP contribution in [0.15, 0.2) is 12.1 Å². The van der Waals surface area contributed by atoms with E-state index in [4.69, 9.17) is 5.73 Å². The Morgan fingerprint density at radius 1 is 1.33 bits per heavy atom. The summed E-state index contributed by atoms with van der Waals surface area (Å²) in [5, 5.41) is 0. The largest absolute Gasteiger partial charge is 0.338 e. The highest BCUT2D eigenvalue weighted by Gasteiger charge is 2.27. The number of aryl methyl sites for hydroxylation is 3. The van der Waals surface area contributed by atoms with Gasteiger partial charge in [-0.3, -0.25) is 4.79 Å². The molecule has 0 aliphatic carbocycles. The summed E-state index contributed by atoms with van der Waals surface area (Å²) in [7, 11) is 0. The molecule has 0 radical (unpaired) electrons. The molecule has 3 heteroatoms. The van der Waals surface area contributed by atoms with Crippen LogP contribution in [0.4, 0.5) is 0 Å². The van der Waals surface area contributed by atoms with Crippen LogP contribution in [-0.2, 0) is 0 Å². The summed E-state index contributed by atoms with van der Waals surface area (Å²) in [5.74, 6) is 0.640. The minimum Gasteiger partial charge on any atom is -0.338 e. The van der Waals surface area contributed by atoms with Crippen molar-refractivity contribution >= 4 is 5.91 Å². The summed E-state index contributed by atoms with van der Waals surface area (Å²) >= 11 is 0. The van der Waals surface area contributed by atoms with Crippen LogP contribution in [-0.4, -0.2) is 30.4 Å². The van der Waals surface area contributed by atoms with Gasteiger partial charge in [0.15, 0.2) is 0 Å². The Morgan fingerprint density at radius 2 is 1.94 bits per heavy atom. The highest BCUT2D eigenvalue weighted by Crippen LogP contribution is 2.22. The van der Waals surface area contributed by atoms with E-state index in [1.165, 1.54) is 5.56 Å². The van der Waals surface area contributed by atoms with Crippen LogP contribution >= 0.6 is 0 Å². The molecule has 1 aromatic carbocycles. The molecule has 98 valence electrons. The molecular weight excluding hydrogens is 224 g/mol. The summed E-state index contributed by atoms with van der Waals surface area (Å²) < 4.78 is 0. The van der Waals surface area contributed by atoms with Crippen LogP contribution in [0, 0.1) is 26.7 Å². The van der Waals surface area contributed by atoms with Gasteiger partial charge in [-0.1, -0.05) is 17.7 Å². The van der Waals surface area contributed by atoms with Crippen molar-refractivity contribution < 1.29 is 4.79 Å². The minimum atomic E-state index is 0.168. The first-order chi connectivity index (χ1) is 8.52. The number of hydrogen-bond donors (Lipinski definition) is 1. The van der Waals surface area contributed by atoms with Crippen molar-refractivity contribution in [3.63, 3.8) is 0 Å². The first-order valence-electron chi connectivity index (χ1n) is 6.60. The molecule has 1 fully saturated rings. The van der Waals surface area contributed by atoms with E-state index in [-0.39, 0.29) is 5.91 Å². The van der Waals surface area contributed by atoms with Crippen molar-refractivity contribution in [3.05, 3.63) is 34.4 Å². The maximum absolute atomic E-state index is 12.5. The SMILES string of the molecule is Cc1cc(C)c(C(=O)N2CCC(CN)C2)c(C)c1. The van der Waals surface area contributed by atoms with E-state index >= 15 is 0 Å². The Bertz CT molecular complexity index is 445. The van der Waals surface area contributed by atoms with Gasteiger partial charge < -0.3 is 10.6 Å². The quantitative estimate of drug-likeness (QED) is 0.868. The van der Waals surface area contributed by atoms with Gasteiger partial charge in [0.2, 0.25) is 0 Å². The summed E-state index contributed by atoms with van der Waals surface area (Å²) in [4.78, 5) is 14.5. The highest BCUT2D eigenvalue weighted by atomic mass is 16.2. The van der Waals surface area contributed by atoms with E-state index < -0.39 is 0 Å². The zero-order valence-electron chi connectivity index (χ0n) is 11.5. The van der Waals surface area contributed by atoms with Gasteiger partial charge in [-0.15, -0.1) is 0 Å². The van der Waals surface area contributed by atoms with Gasteiger partial charge in [0.05, 0.1) is 0 Å². The Labute approximate surface area is 109 Å². The van der Waals surface area contributed by atoms with Gasteiger partial charge in [-0.2, -0.15) is 0 Å². The summed E-state index contributed by atoms with van der Waals surface area (Å²) in [6.45, 7) is 8.42. The van der Waals surface area contributed by atoms with Gasteiger partial charge in [0, 0.05) is 18.7 Å². The van der Waals surface area contributed by atoms with E-state index in [9.17, 15) is 4.79 Å². The number of carbonyl (C=O) groups excluding carboxylic acids is 1. The number of nitrogens with two attached hydrogens (primary N) is 1. The van der Waals surface area contributed by atoms with Crippen LogP contribution < -0.4 is 5.73 Å². The molecule has 1 heterocycles. The van der Waals surface area contributed by atoms with Crippen LogP contribution in [0.2, 0.25) is 0 Å². The third-order valence-electron chi connectivity index (χ3n) is 3.80. The topological polar surface area (TPSA) is 46.3 Å². The van der Waals surface area contributed by atoms with E-state index in [1.807, 2.05) is 18.7 Å². The fourth-order valence-electron chi connectivity index (χ4n) is 2.88. The van der Waals surface area contributed by atoms with E-state index in [0.29, 0.717) is 12.5 Å². The standard InChI is InChI=1S/C15H22N2O/c1-10-6-11(2)14(12(3)7-10)15(18)17-5-4-13(8-16)9-17/h6-7,13H,4-5,8-9,16H2,1-3H3. The fourth-order valence-corrected chi connectivity index (χ4v) is 2.88. The monoisotopic (exact) mass is 246 g/mol. The molecule has 1 amide bonds. The molecule has 1 unspecified atom stereocenters. The van der Waals surface area contributed by atoms with Crippen molar-refractivity contribution in [1.29, 1.82) is 0 Å². The molecule has 3 nitrogen and oxygen atoms in total. The Hall–Kier alpha value is -1.35. The van der Waals surface area contributed by atoms with Crippen molar-refractivity contribution in [2.24, 2.45) is 11.7 Å². The lowest BCUT2D eigenvalue weighted by molar-refractivity contribution is 0.0786. The third kappa shape index (κ3) is 2.41. The molecule has 0 bridgehead atoms. The van der Waals surface area contributed by atoms with Gasteiger partial charge in [0.1, 0.15) is 0 Å². The second-order valence-electron chi connectivity index (χ2n) is 5.42. The lowest BCUT2D eigenvalue weighted by atomic mass is 9.99. The van der Waals surface area contributed by atoms with Crippen LogP contribution in [0.3, 0.4) is 0 Å². The second kappa shape index (κ2) is 5.11. The average molecular weight is 246 g/mol. The fraction of sp³-hybridized carbons (Fsp3) is 0.533. The van der Waals surface area contributed by atoms with Crippen molar-refractivity contribution in [3.8, 4) is 0 Å². The maximum atomic E-state index is 12.5. The minimum absolute atomic E-state index is 0.168. The lowest BCUT2D eigenvalue weighted by Gasteiger charge is -2.19. The molecule has 1 aliphatic rings. The first-order valence-corrected chi connectivity index (χ1v) is 6.60. The highest BCUT2D eigenvalue weighted by molar-refractivity contribution is 5.97. The molecule has 1 aliphatic heterocycles. The van der Waals surface area contributed by atoms with Gasteiger partial charge in [0.25, 0.3) is 5.91 Å². The molecule has 1 atom stereocenters. The van der Waals surface area contributed by atoms with E-state index in [0.717, 1.165) is 36.2 Å². The second-order valence-corrected chi connectivity index (χ2v) is 5.42. The summed E-state index contributed by atoms with van der Waals surface area (Å²) in [5.41, 5.74) is 9.92. The Balaban J connectivity index is 2.25. The van der Waals surface area contributed by atoms with Gasteiger partial charge in [-0.25, -0.2) is 0 Å². The van der Waals surface area contributed by atoms with Crippen LogP contribution in [0.1, 0.15) is 33.5 Å². The maximum Gasteiger partial charge on any atom is 0.254 e. The number of carbonyl (C=O) groups is 1. The lowest BCUT2D eigenvalue weighted by Crippen LogP contribution is -2.31. The zero-order valence-corrected chi connectivity index (χ0v) is 11.5. The normalized spacial score (nSPS) is 19.3. The number of likely N-dealkylation sites (tertiary alicyclic amines) is 1. The number of nitrogens with zero attached hydrogens (tertiary/aromatic N) is 1. The molecule has 1 aromatic rings. The van der Waals surface area contributed by atoms with E-state index in [1.54, 1.807) is 0 Å². The number of benzene rings is 1. The molecule has 0 spiro atoms. The predicted molar refractivity (Wildman–Crippen MR) is 73.7 cm³/mol. The molecule has 2 N–H and O–H groups in total. The molecule has 0 saturated carbocycles. The molecule has 0 aromatic heterocycles. The third-order valence-corrected chi connectivity index (χ3v) is 3.80. The first kappa shape index (κ1) is 13.1.